The number of hydrogen-bond donors (Lipinski definition) is 1. The van der Waals surface area contributed by atoms with Gasteiger partial charge in [-0.1, -0.05) is 6.92 Å². The smallest absolute Gasteiger partial charge is 0.320 e. The van der Waals surface area contributed by atoms with Crippen molar-refractivity contribution in [2.24, 2.45) is 0 Å². The summed E-state index contributed by atoms with van der Waals surface area (Å²) >= 11 is 0. The van der Waals surface area contributed by atoms with E-state index in [0.29, 0.717) is 32.8 Å². The summed E-state index contributed by atoms with van der Waals surface area (Å²) in [5.74, 6) is -0.740. The first kappa shape index (κ1) is 10.9. The number of morpholine rings is 2. The van der Waals surface area contributed by atoms with Crippen molar-refractivity contribution in [2.45, 2.75) is 31.5 Å². The fourth-order valence-electron chi connectivity index (χ4n) is 2.44. The van der Waals surface area contributed by atoms with E-state index in [0.717, 1.165) is 0 Å². The summed E-state index contributed by atoms with van der Waals surface area (Å²) in [6, 6.07) is -0.176. The lowest BCUT2D eigenvalue weighted by Gasteiger charge is -2.47. The third kappa shape index (κ3) is 2.00. The average Bonchev–Trinajstić information content (AvgIpc) is 2.17. The van der Waals surface area contributed by atoms with Crippen molar-refractivity contribution >= 4 is 5.97 Å². The summed E-state index contributed by atoms with van der Waals surface area (Å²) in [6.07, 6.45) is 0.627. The number of nitrogens with zero attached hydrogens (tertiary/aromatic N) is 1. The Labute approximate surface area is 89.0 Å². The van der Waals surface area contributed by atoms with Crippen LogP contribution in [0.15, 0.2) is 0 Å². The largest absolute Gasteiger partial charge is 0.480 e. The zero-order valence-electron chi connectivity index (χ0n) is 8.89. The number of carboxylic acid groups (broad SMARTS) is 1. The summed E-state index contributed by atoms with van der Waals surface area (Å²) in [5, 5.41) is 9.16. The fraction of sp³-hybridized carbons (Fsp3) is 0.900. The van der Waals surface area contributed by atoms with Gasteiger partial charge in [0.1, 0.15) is 6.04 Å². The molecule has 2 heterocycles. The van der Waals surface area contributed by atoms with Gasteiger partial charge in [-0.25, -0.2) is 0 Å². The van der Waals surface area contributed by atoms with Crippen molar-refractivity contribution in [3.05, 3.63) is 0 Å². The second-order valence-corrected chi connectivity index (χ2v) is 4.09. The van der Waals surface area contributed by atoms with Gasteiger partial charge in [-0.05, 0) is 6.42 Å². The minimum Gasteiger partial charge on any atom is -0.480 e. The van der Waals surface area contributed by atoms with Crippen molar-refractivity contribution < 1.29 is 19.4 Å². The van der Waals surface area contributed by atoms with Crippen molar-refractivity contribution in [2.75, 3.05) is 26.4 Å². The molecule has 1 unspecified atom stereocenters. The van der Waals surface area contributed by atoms with Crippen molar-refractivity contribution in [3.63, 3.8) is 0 Å². The Hall–Kier alpha value is -0.650. The molecule has 5 heteroatoms. The normalized spacial score (nSPS) is 33.7. The Morgan fingerprint density at radius 3 is 2.13 bits per heavy atom. The molecule has 0 amide bonds. The molecule has 0 aromatic carbocycles. The molecule has 5 nitrogen and oxygen atoms in total. The van der Waals surface area contributed by atoms with E-state index in [4.69, 9.17) is 14.6 Å². The Balaban J connectivity index is 2.14. The van der Waals surface area contributed by atoms with Gasteiger partial charge in [-0.3, -0.25) is 9.69 Å². The van der Waals surface area contributed by atoms with Gasteiger partial charge in [-0.15, -0.1) is 0 Å². The molecule has 86 valence electrons. The van der Waals surface area contributed by atoms with Crippen LogP contribution >= 0.6 is 0 Å². The molecule has 0 aromatic heterocycles. The lowest BCUT2D eigenvalue weighted by atomic mass is 10.0. The molecule has 0 spiro atoms. The lowest BCUT2D eigenvalue weighted by Crippen LogP contribution is -2.64. The quantitative estimate of drug-likeness (QED) is 0.715. The summed E-state index contributed by atoms with van der Waals surface area (Å²) in [5.41, 5.74) is 0. The van der Waals surface area contributed by atoms with Gasteiger partial charge < -0.3 is 14.6 Å². The van der Waals surface area contributed by atoms with Crippen molar-refractivity contribution in [3.8, 4) is 0 Å². The molecule has 2 aliphatic heterocycles. The van der Waals surface area contributed by atoms with E-state index in [-0.39, 0.29) is 12.1 Å². The van der Waals surface area contributed by atoms with Crippen molar-refractivity contribution in [1.82, 2.24) is 4.90 Å². The number of carbonyl (C=O) groups is 1. The molecule has 0 aromatic rings. The zero-order chi connectivity index (χ0) is 10.8. The van der Waals surface area contributed by atoms with Gasteiger partial charge in [0.05, 0.1) is 38.5 Å². The first-order valence-corrected chi connectivity index (χ1v) is 5.39. The minimum atomic E-state index is -0.740. The van der Waals surface area contributed by atoms with Crippen LogP contribution in [0.25, 0.3) is 0 Å². The summed E-state index contributed by atoms with van der Waals surface area (Å²) in [7, 11) is 0. The van der Waals surface area contributed by atoms with Gasteiger partial charge in [0.2, 0.25) is 0 Å². The van der Waals surface area contributed by atoms with Crippen LogP contribution in [-0.2, 0) is 14.3 Å². The maximum atomic E-state index is 11.1. The number of rotatable bonds is 3. The fourth-order valence-corrected chi connectivity index (χ4v) is 2.44. The highest BCUT2D eigenvalue weighted by molar-refractivity contribution is 5.73. The molecular weight excluding hydrogens is 198 g/mol. The van der Waals surface area contributed by atoms with Crippen molar-refractivity contribution in [1.29, 1.82) is 0 Å². The van der Waals surface area contributed by atoms with Crippen LogP contribution in [0.3, 0.4) is 0 Å². The average molecular weight is 215 g/mol. The predicted octanol–water partition coefficient (Wildman–Crippen LogP) is -0.0508. The summed E-state index contributed by atoms with van der Waals surface area (Å²) in [4.78, 5) is 13.2. The van der Waals surface area contributed by atoms with Gasteiger partial charge in [-0.2, -0.15) is 0 Å². The van der Waals surface area contributed by atoms with Gasteiger partial charge >= 0.3 is 5.97 Å². The Morgan fingerprint density at radius 2 is 1.80 bits per heavy atom. The first-order chi connectivity index (χ1) is 7.24. The monoisotopic (exact) mass is 215 g/mol. The first-order valence-electron chi connectivity index (χ1n) is 5.39. The number of aliphatic carboxylic acids is 1. The van der Waals surface area contributed by atoms with E-state index >= 15 is 0 Å². The molecule has 2 fully saturated rings. The van der Waals surface area contributed by atoms with Crippen LogP contribution in [-0.4, -0.2) is 60.5 Å². The molecule has 1 N–H and O–H groups in total. The maximum absolute atomic E-state index is 11.1. The van der Waals surface area contributed by atoms with E-state index in [1.807, 2.05) is 6.92 Å². The van der Waals surface area contributed by atoms with E-state index < -0.39 is 12.0 Å². The second kappa shape index (κ2) is 4.47. The Morgan fingerprint density at radius 1 is 1.33 bits per heavy atom. The van der Waals surface area contributed by atoms with Crippen LogP contribution < -0.4 is 0 Å². The van der Waals surface area contributed by atoms with E-state index in [2.05, 4.69) is 4.90 Å². The Kier molecular flexibility index (Phi) is 3.23. The van der Waals surface area contributed by atoms with Crippen LogP contribution in [0.1, 0.15) is 13.3 Å². The van der Waals surface area contributed by atoms with Crippen LogP contribution in [0.2, 0.25) is 0 Å². The molecule has 2 saturated heterocycles. The zero-order valence-corrected chi connectivity index (χ0v) is 8.89. The molecule has 2 rings (SSSR count). The van der Waals surface area contributed by atoms with E-state index in [1.165, 1.54) is 0 Å². The predicted molar refractivity (Wildman–Crippen MR) is 52.8 cm³/mol. The van der Waals surface area contributed by atoms with Crippen LogP contribution in [0.4, 0.5) is 0 Å². The van der Waals surface area contributed by atoms with E-state index in [1.54, 1.807) is 0 Å². The molecule has 1 atom stereocenters. The number of fused-ring (bicyclic) bond motifs is 2. The van der Waals surface area contributed by atoms with E-state index in [9.17, 15) is 4.79 Å². The molecule has 0 radical (unpaired) electrons. The highest BCUT2D eigenvalue weighted by atomic mass is 16.5. The van der Waals surface area contributed by atoms with Gasteiger partial charge in [0.15, 0.2) is 0 Å². The molecule has 2 bridgehead atoms. The lowest BCUT2D eigenvalue weighted by molar-refractivity contribution is -0.172. The molecule has 0 saturated carbocycles. The number of carboxylic acids is 1. The topological polar surface area (TPSA) is 59.0 Å². The minimum absolute atomic E-state index is 0.110. The molecule has 0 aliphatic carbocycles. The van der Waals surface area contributed by atoms with Gasteiger partial charge in [0.25, 0.3) is 0 Å². The number of hydrogen-bond acceptors (Lipinski definition) is 4. The third-order valence-corrected chi connectivity index (χ3v) is 3.12. The summed E-state index contributed by atoms with van der Waals surface area (Å²) < 4.78 is 10.9. The standard InChI is InChI=1S/C10H17NO4/c1-2-9(10(12)13)11-7-3-14-5-8(11)6-15-4-7/h7-9H,2-6H2,1H3,(H,12,13). The SMILES string of the molecule is CCC(C(=O)O)N1C2COCC1COC2. The molecule has 2 aliphatic rings. The number of ether oxygens (including phenoxy) is 2. The highest BCUT2D eigenvalue weighted by Gasteiger charge is 2.41. The second-order valence-electron chi connectivity index (χ2n) is 4.09. The highest BCUT2D eigenvalue weighted by Crippen LogP contribution is 2.23. The molecule has 15 heavy (non-hydrogen) atoms. The molecular formula is C10H17NO4. The third-order valence-electron chi connectivity index (χ3n) is 3.12. The Bertz CT molecular complexity index is 224. The van der Waals surface area contributed by atoms with Crippen LogP contribution in [0, 0.1) is 0 Å². The van der Waals surface area contributed by atoms with Gasteiger partial charge in [0, 0.05) is 0 Å². The summed E-state index contributed by atoms with van der Waals surface area (Å²) in [6.45, 7) is 4.24. The maximum Gasteiger partial charge on any atom is 0.320 e. The van der Waals surface area contributed by atoms with Crippen LogP contribution in [0.5, 0.6) is 0 Å².